The molecule has 1 N–H and O–H groups in total. The third-order valence-electron chi connectivity index (χ3n) is 4.83. The number of rotatable bonds is 5. The van der Waals surface area contributed by atoms with Gasteiger partial charge >= 0.3 is 6.18 Å². The van der Waals surface area contributed by atoms with Crippen LogP contribution < -0.4 is 10.1 Å². The highest BCUT2D eigenvalue weighted by molar-refractivity contribution is 5.92. The van der Waals surface area contributed by atoms with Crippen LogP contribution in [0.4, 0.5) is 23.2 Å². The van der Waals surface area contributed by atoms with E-state index in [4.69, 9.17) is 4.74 Å². The maximum absolute atomic E-state index is 13.8. The number of nitrogens with zero attached hydrogens (tertiary/aromatic N) is 3. The third-order valence-corrected chi connectivity index (χ3v) is 4.83. The summed E-state index contributed by atoms with van der Waals surface area (Å²) >= 11 is 0. The number of hydrogen-bond acceptors (Lipinski definition) is 4. The quantitative estimate of drug-likeness (QED) is 0.417. The number of fused-ring (bicyclic) bond motifs is 1. The Hall–Kier alpha value is -3.95. The largest absolute Gasteiger partial charge is 0.467 e. The number of amides is 1. The number of ether oxygens (including phenoxy) is 1. The Kier molecular flexibility index (Phi) is 5.75. The van der Waals surface area contributed by atoms with E-state index in [0.717, 1.165) is 17.7 Å². The molecule has 33 heavy (non-hydrogen) atoms. The molecule has 170 valence electrons. The first-order chi connectivity index (χ1) is 15.6. The molecular formula is C23H18F4N4O2. The standard InChI is InChI=1S/C23H18F4N4O2/c1-13-6-8-17(9-7-13)31-22-21(14(2)30-31)18(23(25,26)27)11-20(29-22)33-12-19(32)28-16-5-3-4-15(24)10-16/h3-11H,12H2,1-2H3,(H,28,32). The molecule has 0 atom stereocenters. The molecule has 2 heterocycles. The Labute approximate surface area is 185 Å². The van der Waals surface area contributed by atoms with Gasteiger partial charge in [-0.2, -0.15) is 23.3 Å². The first kappa shape index (κ1) is 22.3. The topological polar surface area (TPSA) is 69.0 Å². The predicted molar refractivity (Wildman–Crippen MR) is 114 cm³/mol. The minimum atomic E-state index is -4.70. The lowest BCUT2D eigenvalue weighted by Gasteiger charge is -2.12. The van der Waals surface area contributed by atoms with E-state index in [1.807, 2.05) is 6.92 Å². The number of pyridine rings is 1. The number of anilines is 1. The van der Waals surface area contributed by atoms with Gasteiger partial charge in [-0.15, -0.1) is 0 Å². The Morgan fingerprint density at radius 2 is 1.82 bits per heavy atom. The van der Waals surface area contributed by atoms with Gasteiger partial charge in [-0.3, -0.25) is 4.79 Å². The molecule has 2 aromatic carbocycles. The van der Waals surface area contributed by atoms with Gasteiger partial charge in [-0.1, -0.05) is 23.8 Å². The van der Waals surface area contributed by atoms with Crippen molar-refractivity contribution >= 4 is 22.6 Å². The molecule has 1 amide bonds. The van der Waals surface area contributed by atoms with Crippen molar-refractivity contribution in [3.05, 3.63) is 77.2 Å². The summed E-state index contributed by atoms with van der Waals surface area (Å²) in [6.07, 6.45) is -4.70. The zero-order valence-electron chi connectivity index (χ0n) is 17.6. The maximum Gasteiger partial charge on any atom is 0.417 e. The van der Waals surface area contributed by atoms with Gasteiger partial charge in [0.25, 0.3) is 5.91 Å². The number of benzene rings is 2. The summed E-state index contributed by atoms with van der Waals surface area (Å²) in [7, 11) is 0. The summed E-state index contributed by atoms with van der Waals surface area (Å²) in [5, 5.41) is 6.51. The van der Waals surface area contributed by atoms with Crippen molar-refractivity contribution < 1.29 is 27.1 Å². The van der Waals surface area contributed by atoms with E-state index in [-0.39, 0.29) is 22.4 Å². The molecule has 2 aromatic heterocycles. The molecule has 0 spiro atoms. The molecule has 0 aliphatic carbocycles. The van der Waals surface area contributed by atoms with Crippen molar-refractivity contribution in [3.8, 4) is 11.6 Å². The highest BCUT2D eigenvalue weighted by atomic mass is 19.4. The van der Waals surface area contributed by atoms with Crippen molar-refractivity contribution in [3.63, 3.8) is 0 Å². The third kappa shape index (κ3) is 4.79. The van der Waals surface area contributed by atoms with E-state index in [1.54, 1.807) is 24.3 Å². The average Bonchev–Trinajstić information content (AvgIpc) is 3.08. The van der Waals surface area contributed by atoms with Gasteiger partial charge in [0.2, 0.25) is 5.88 Å². The molecule has 0 radical (unpaired) electrons. The van der Waals surface area contributed by atoms with Crippen LogP contribution in [0.25, 0.3) is 16.7 Å². The molecule has 0 aliphatic heterocycles. The predicted octanol–water partition coefficient (Wildman–Crippen LogP) is 5.21. The van der Waals surface area contributed by atoms with Crippen LogP contribution in [-0.2, 0) is 11.0 Å². The summed E-state index contributed by atoms with van der Waals surface area (Å²) < 4.78 is 61.3. The van der Waals surface area contributed by atoms with Gasteiger partial charge in [-0.25, -0.2) is 9.07 Å². The number of carbonyl (C=O) groups excluding carboxylic acids is 1. The minimum Gasteiger partial charge on any atom is -0.467 e. The van der Waals surface area contributed by atoms with Gasteiger partial charge in [0, 0.05) is 11.8 Å². The number of carbonyl (C=O) groups is 1. The smallest absolute Gasteiger partial charge is 0.417 e. The fraction of sp³-hybridized carbons (Fsp3) is 0.174. The lowest BCUT2D eigenvalue weighted by atomic mass is 10.1. The summed E-state index contributed by atoms with van der Waals surface area (Å²) in [5.41, 5.74) is 0.831. The van der Waals surface area contributed by atoms with Gasteiger partial charge < -0.3 is 10.1 Å². The van der Waals surface area contributed by atoms with Crippen LogP contribution in [0.1, 0.15) is 16.8 Å². The van der Waals surface area contributed by atoms with Gasteiger partial charge in [0.1, 0.15) is 5.82 Å². The van der Waals surface area contributed by atoms with Crippen LogP contribution in [0.5, 0.6) is 5.88 Å². The van der Waals surface area contributed by atoms with E-state index in [2.05, 4.69) is 15.4 Å². The molecule has 10 heteroatoms. The Balaban J connectivity index is 1.69. The summed E-state index contributed by atoms with van der Waals surface area (Å²) in [5.74, 6) is -1.62. The second-order valence-electron chi connectivity index (χ2n) is 7.38. The second-order valence-corrected chi connectivity index (χ2v) is 7.38. The van der Waals surface area contributed by atoms with E-state index in [0.29, 0.717) is 5.69 Å². The van der Waals surface area contributed by atoms with Gasteiger partial charge in [0.05, 0.1) is 22.3 Å². The second kappa shape index (κ2) is 8.53. The summed E-state index contributed by atoms with van der Waals surface area (Å²) in [6.45, 7) is 2.73. The maximum atomic E-state index is 13.8. The molecule has 0 bridgehead atoms. The highest BCUT2D eigenvalue weighted by Gasteiger charge is 2.36. The summed E-state index contributed by atoms with van der Waals surface area (Å²) in [6, 6.07) is 13.0. The van der Waals surface area contributed by atoms with Crippen LogP contribution in [0.2, 0.25) is 0 Å². The van der Waals surface area contributed by atoms with Gasteiger partial charge in [0.15, 0.2) is 12.3 Å². The van der Waals surface area contributed by atoms with E-state index >= 15 is 0 Å². The van der Waals surface area contributed by atoms with Crippen LogP contribution in [0, 0.1) is 19.7 Å². The van der Waals surface area contributed by atoms with Crippen molar-refractivity contribution in [2.45, 2.75) is 20.0 Å². The average molecular weight is 458 g/mol. The SMILES string of the molecule is Cc1ccc(-n2nc(C)c3c(C(F)(F)F)cc(OCC(=O)Nc4cccc(F)c4)nc32)cc1. The highest BCUT2D eigenvalue weighted by Crippen LogP contribution is 2.38. The van der Waals surface area contributed by atoms with Crippen molar-refractivity contribution in [2.24, 2.45) is 0 Å². The molecule has 6 nitrogen and oxygen atoms in total. The van der Waals surface area contributed by atoms with Gasteiger partial charge in [-0.05, 0) is 44.2 Å². The lowest BCUT2D eigenvalue weighted by molar-refractivity contribution is -0.136. The number of aromatic nitrogens is 3. The van der Waals surface area contributed by atoms with Crippen LogP contribution in [0.3, 0.4) is 0 Å². The Morgan fingerprint density at radius 1 is 1.09 bits per heavy atom. The lowest BCUT2D eigenvalue weighted by Crippen LogP contribution is -2.21. The van der Waals surface area contributed by atoms with Crippen LogP contribution >= 0.6 is 0 Å². The fourth-order valence-corrected chi connectivity index (χ4v) is 3.33. The Bertz CT molecular complexity index is 1330. The fourth-order valence-electron chi connectivity index (χ4n) is 3.33. The Morgan fingerprint density at radius 3 is 2.48 bits per heavy atom. The van der Waals surface area contributed by atoms with Crippen LogP contribution in [0.15, 0.2) is 54.6 Å². The van der Waals surface area contributed by atoms with E-state index in [1.165, 1.54) is 29.8 Å². The van der Waals surface area contributed by atoms with Crippen molar-refractivity contribution in [1.82, 2.24) is 14.8 Å². The van der Waals surface area contributed by atoms with Crippen molar-refractivity contribution in [1.29, 1.82) is 0 Å². The number of alkyl halides is 3. The molecular weight excluding hydrogens is 440 g/mol. The van der Waals surface area contributed by atoms with Crippen molar-refractivity contribution in [2.75, 3.05) is 11.9 Å². The first-order valence-electron chi connectivity index (χ1n) is 9.84. The number of nitrogens with one attached hydrogen (secondary N) is 1. The molecule has 4 aromatic rings. The minimum absolute atomic E-state index is 0.0493. The molecule has 0 fully saturated rings. The zero-order valence-corrected chi connectivity index (χ0v) is 17.6. The monoisotopic (exact) mass is 458 g/mol. The number of hydrogen-bond donors (Lipinski definition) is 1. The molecule has 0 saturated carbocycles. The molecule has 4 rings (SSSR count). The van der Waals surface area contributed by atoms with E-state index in [9.17, 15) is 22.4 Å². The molecule has 0 saturated heterocycles. The zero-order chi connectivity index (χ0) is 23.8. The first-order valence-corrected chi connectivity index (χ1v) is 9.84. The van der Waals surface area contributed by atoms with Crippen LogP contribution in [-0.4, -0.2) is 27.3 Å². The molecule has 0 unspecified atom stereocenters. The normalized spacial score (nSPS) is 11.6. The summed E-state index contributed by atoms with van der Waals surface area (Å²) in [4.78, 5) is 16.3. The molecule has 0 aliphatic rings. The van der Waals surface area contributed by atoms with E-state index < -0.39 is 36.0 Å². The number of halogens is 4. The number of aryl methyl sites for hydroxylation is 2.